The van der Waals surface area contributed by atoms with Crippen LogP contribution in [0.2, 0.25) is 0 Å². The molecule has 1 unspecified atom stereocenters. The molecular formula is C36H36IN5O2. The molecule has 44 heavy (non-hydrogen) atoms. The van der Waals surface area contributed by atoms with Gasteiger partial charge in [0, 0.05) is 16.2 Å². The number of piperidine rings is 1. The van der Waals surface area contributed by atoms with Gasteiger partial charge in [0.05, 0.1) is 35.9 Å². The predicted molar refractivity (Wildman–Crippen MR) is 186 cm³/mol. The zero-order valence-corrected chi connectivity index (χ0v) is 27.2. The Labute approximate surface area is 272 Å². The lowest BCUT2D eigenvalue weighted by Crippen LogP contribution is -2.49. The summed E-state index contributed by atoms with van der Waals surface area (Å²) in [5.74, 6) is 0.772. The summed E-state index contributed by atoms with van der Waals surface area (Å²) < 4.78 is 0.981. The van der Waals surface area contributed by atoms with E-state index < -0.39 is 6.04 Å². The largest absolute Gasteiger partial charge is 0.508 e. The molecular weight excluding hydrogens is 661 g/mol. The molecule has 0 bridgehead atoms. The molecule has 7 nitrogen and oxygen atoms in total. The van der Waals surface area contributed by atoms with Crippen molar-refractivity contribution in [3.05, 3.63) is 105 Å². The fourth-order valence-electron chi connectivity index (χ4n) is 6.76. The number of halogens is 1. The Morgan fingerprint density at radius 1 is 0.932 bits per heavy atom. The fourth-order valence-corrected chi connectivity index (χ4v) is 7.27. The molecule has 1 atom stereocenters. The molecule has 2 amide bonds. The summed E-state index contributed by atoms with van der Waals surface area (Å²) in [6.07, 6.45) is 2.40. The van der Waals surface area contributed by atoms with Gasteiger partial charge in [-0.05, 0) is 120 Å². The molecule has 4 aromatic carbocycles. The topological polar surface area (TPSA) is 71.4 Å². The second-order valence-corrected chi connectivity index (χ2v) is 13.3. The number of fused-ring (bicyclic) bond motifs is 2. The molecule has 0 saturated carbocycles. The number of urea groups is 1. The Balaban J connectivity index is 1.21. The molecule has 0 radical (unpaired) electrons. The van der Waals surface area contributed by atoms with Crippen LogP contribution < -0.4 is 10.2 Å². The van der Waals surface area contributed by atoms with E-state index in [1.807, 2.05) is 48.3 Å². The Hall–Kier alpha value is -3.89. The normalized spacial score (nSPS) is 17.9. The maximum atomic E-state index is 14.2. The molecule has 224 valence electrons. The van der Waals surface area contributed by atoms with Crippen LogP contribution in [0.1, 0.15) is 41.5 Å². The van der Waals surface area contributed by atoms with Crippen LogP contribution in [-0.2, 0) is 6.54 Å². The third kappa shape index (κ3) is 5.45. The third-order valence-electron chi connectivity index (χ3n) is 9.29. The molecule has 3 heterocycles. The summed E-state index contributed by atoms with van der Waals surface area (Å²) in [6.45, 7) is 3.18. The molecule has 8 heteroatoms. The lowest BCUT2D eigenvalue weighted by molar-refractivity contribution is 0.190. The summed E-state index contributed by atoms with van der Waals surface area (Å²) >= 11 is 2.25. The number of hydrogen-bond acceptors (Lipinski definition) is 5. The quantitative estimate of drug-likeness (QED) is 0.209. The maximum absolute atomic E-state index is 14.2. The number of anilines is 2. The van der Waals surface area contributed by atoms with Crippen molar-refractivity contribution in [3.63, 3.8) is 0 Å². The maximum Gasteiger partial charge on any atom is 0.325 e. The van der Waals surface area contributed by atoms with Gasteiger partial charge in [-0.2, -0.15) is 0 Å². The van der Waals surface area contributed by atoms with Crippen LogP contribution in [0.15, 0.2) is 89.9 Å². The van der Waals surface area contributed by atoms with E-state index >= 15 is 0 Å². The van der Waals surface area contributed by atoms with Gasteiger partial charge >= 0.3 is 6.03 Å². The zero-order chi connectivity index (χ0) is 30.4. The molecule has 1 fully saturated rings. The Morgan fingerprint density at radius 3 is 2.48 bits per heavy atom. The highest BCUT2D eigenvalue weighted by Crippen LogP contribution is 2.41. The Kier molecular flexibility index (Phi) is 7.80. The van der Waals surface area contributed by atoms with Gasteiger partial charge in [-0.3, -0.25) is 9.89 Å². The van der Waals surface area contributed by atoms with Gasteiger partial charge in [0.25, 0.3) is 0 Å². The lowest BCUT2D eigenvalue weighted by Gasteiger charge is -2.41. The van der Waals surface area contributed by atoms with Gasteiger partial charge in [-0.15, -0.1) is 0 Å². The lowest BCUT2D eigenvalue weighted by atomic mass is 9.88. The molecule has 7 rings (SSSR count). The van der Waals surface area contributed by atoms with Gasteiger partial charge in [0.2, 0.25) is 0 Å². The highest BCUT2D eigenvalue weighted by molar-refractivity contribution is 14.1. The third-order valence-corrected chi connectivity index (χ3v) is 9.96. The number of aliphatic imine (C=N–C) groups is 1. The number of aromatic hydroxyl groups is 1. The van der Waals surface area contributed by atoms with Crippen LogP contribution in [0.25, 0.3) is 11.1 Å². The van der Waals surface area contributed by atoms with Crippen molar-refractivity contribution in [1.29, 1.82) is 0 Å². The van der Waals surface area contributed by atoms with E-state index in [0.717, 1.165) is 56.1 Å². The van der Waals surface area contributed by atoms with Gasteiger partial charge in [0.1, 0.15) is 11.8 Å². The standard InChI is InChI=1S/C36H36IN5O2/c1-40-17-15-25(16-18-40)23-7-9-24(10-8-23)26-11-12-27-22-42(36(44)41(2)33(27)19-26)35(29-20-28(37)13-14-34(29)43)32-21-38-30-5-3-4-6-31(30)39-32/h3-14,19-20,25,35,38,43H,15-18,21-22H2,1-2H3. The van der Waals surface area contributed by atoms with E-state index in [-0.39, 0.29) is 11.8 Å². The summed E-state index contributed by atoms with van der Waals surface area (Å²) in [6, 6.07) is 28.2. The molecule has 0 aliphatic carbocycles. The van der Waals surface area contributed by atoms with Gasteiger partial charge < -0.3 is 20.2 Å². The fraction of sp³-hybridized carbons (Fsp3) is 0.278. The van der Waals surface area contributed by atoms with Crippen molar-refractivity contribution in [1.82, 2.24) is 9.80 Å². The molecule has 1 saturated heterocycles. The highest BCUT2D eigenvalue weighted by atomic mass is 127. The van der Waals surface area contributed by atoms with Crippen LogP contribution in [0.5, 0.6) is 5.75 Å². The van der Waals surface area contributed by atoms with Crippen LogP contribution in [0.4, 0.5) is 21.9 Å². The number of amides is 2. The summed E-state index contributed by atoms with van der Waals surface area (Å²) in [7, 11) is 4.03. The van der Waals surface area contributed by atoms with Crippen molar-refractivity contribution < 1.29 is 9.90 Å². The van der Waals surface area contributed by atoms with Crippen molar-refractivity contribution in [3.8, 4) is 16.9 Å². The van der Waals surface area contributed by atoms with E-state index in [4.69, 9.17) is 4.99 Å². The van der Waals surface area contributed by atoms with E-state index in [1.54, 1.807) is 11.0 Å². The zero-order valence-electron chi connectivity index (χ0n) is 25.0. The number of phenols is 1. The van der Waals surface area contributed by atoms with Crippen molar-refractivity contribution in [2.45, 2.75) is 31.3 Å². The Bertz CT molecular complexity index is 1750. The first-order valence-corrected chi connectivity index (χ1v) is 16.3. The van der Waals surface area contributed by atoms with Gasteiger partial charge in [-0.1, -0.05) is 48.5 Å². The van der Waals surface area contributed by atoms with Crippen LogP contribution in [0.3, 0.4) is 0 Å². The van der Waals surface area contributed by atoms with Crippen molar-refractivity contribution in [2.75, 3.05) is 43.9 Å². The predicted octanol–water partition coefficient (Wildman–Crippen LogP) is 7.78. The number of para-hydroxylation sites is 2. The number of likely N-dealkylation sites (tertiary alicyclic amines) is 1. The van der Waals surface area contributed by atoms with E-state index in [1.165, 1.54) is 18.4 Å². The number of carbonyl (C=O) groups excluding carboxylic acids is 1. The second-order valence-electron chi connectivity index (χ2n) is 12.1. The monoisotopic (exact) mass is 697 g/mol. The number of nitrogens with one attached hydrogen (secondary N) is 1. The number of carbonyl (C=O) groups is 1. The number of nitrogens with zero attached hydrogens (tertiary/aromatic N) is 4. The number of hydrogen-bond donors (Lipinski definition) is 2. The molecule has 0 aromatic heterocycles. The van der Waals surface area contributed by atoms with E-state index in [9.17, 15) is 9.90 Å². The highest BCUT2D eigenvalue weighted by Gasteiger charge is 2.38. The van der Waals surface area contributed by atoms with Crippen molar-refractivity contribution in [2.24, 2.45) is 4.99 Å². The minimum atomic E-state index is -0.541. The molecule has 0 spiro atoms. The number of phenolic OH excluding ortho intramolecular Hbond substituents is 1. The SMILES string of the molecule is CN1CCC(c2ccc(-c3ccc4c(c3)N(C)C(=O)N(C(C3=Nc5ccccc5NC3)c3cc(I)ccc3O)C4)cc2)CC1. The minimum Gasteiger partial charge on any atom is -0.508 e. The first-order valence-electron chi connectivity index (χ1n) is 15.2. The second kappa shape index (κ2) is 11.9. The average Bonchev–Trinajstić information content (AvgIpc) is 3.05. The van der Waals surface area contributed by atoms with E-state index in [2.05, 4.69) is 82.3 Å². The van der Waals surface area contributed by atoms with Crippen molar-refractivity contribution >= 4 is 51.4 Å². The summed E-state index contributed by atoms with van der Waals surface area (Å²) in [4.78, 5) is 25.1. The van der Waals surface area contributed by atoms with Gasteiger partial charge in [0.15, 0.2) is 0 Å². The average molecular weight is 698 g/mol. The molecule has 3 aliphatic heterocycles. The van der Waals surface area contributed by atoms with Crippen LogP contribution >= 0.6 is 22.6 Å². The van der Waals surface area contributed by atoms with Gasteiger partial charge in [-0.25, -0.2) is 4.79 Å². The number of benzene rings is 4. The summed E-state index contributed by atoms with van der Waals surface area (Å²) in [5.41, 5.74) is 8.86. The molecule has 4 aromatic rings. The summed E-state index contributed by atoms with van der Waals surface area (Å²) in [5, 5.41) is 14.5. The van der Waals surface area contributed by atoms with E-state index in [0.29, 0.717) is 24.6 Å². The van der Waals surface area contributed by atoms with Crippen LogP contribution in [0, 0.1) is 3.57 Å². The van der Waals surface area contributed by atoms with Crippen LogP contribution in [-0.4, -0.2) is 60.4 Å². The first kappa shape index (κ1) is 28.9. The molecule has 3 aliphatic rings. The Morgan fingerprint density at radius 2 is 1.68 bits per heavy atom. The first-order chi connectivity index (χ1) is 21.4. The molecule has 2 N–H and O–H groups in total. The minimum absolute atomic E-state index is 0.128. The number of rotatable bonds is 5. The smallest absolute Gasteiger partial charge is 0.325 e.